The minimum atomic E-state index is 0.280. The summed E-state index contributed by atoms with van der Waals surface area (Å²) in [5, 5.41) is 0. The lowest BCUT2D eigenvalue weighted by Crippen LogP contribution is -2.11. The van der Waals surface area contributed by atoms with Gasteiger partial charge < -0.3 is 0 Å². The van der Waals surface area contributed by atoms with Crippen LogP contribution in [-0.4, -0.2) is 0 Å². The highest BCUT2D eigenvalue weighted by Gasteiger charge is 2.13. The molecule has 0 heteroatoms. The first-order chi connectivity index (χ1) is 6.54. The van der Waals surface area contributed by atoms with Gasteiger partial charge >= 0.3 is 0 Å². The van der Waals surface area contributed by atoms with Gasteiger partial charge in [-0.2, -0.15) is 0 Å². The van der Waals surface area contributed by atoms with Gasteiger partial charge in [-0.05, 0) is 29.4 Å². The van der Waals surface area contributed by atoms with Crippen molar-refractivity contribution in [3.05, 3.63) is 35.4 Å². The van der Waals surface area contributed by atoms with E-state index in [1.807, 2.05) is 0 Å². The fourth-order valence-corrected chi connectivity index (χ4v) is 1.57. The zero-order valence-corrected chi connectivity index (χ0v) is 9.93. The maximum Gasteiger partial charge on any atom is -0.0132 e. The smallest absolute Gasteiger partial charge is 0.0132 e. The lowest BCUT2D eigenvalue weighted by molar-refractivity contribution is 0.589. The Morgan fingerprint density at radius 3 is 2.43 bits per heavy atom. The minimum absolute atomic E-state index is 0.280. The van der Waals surface area contributed by atoms with Crippen molar-refractivity contribution in [3.8, 4) is 0 Å². The molecule has 14 heavy (non-hydrogen) atoms. The predicted octanol–water partition coefficient (Wildman–Crippen LogP) is 4.33. The lowest BCUT2D eigenvalue weighted by Gasteiger charge is -2.19. The van der Waals surface area contributed by atoms with Gasteiger partial charge in [0.25, 0.3) is 0 Å². The van der Waals surface area contributed by atoms with E-state index < -0.39 is 0 Å². The number of rotatable bonds is 3. The Hall–Kier alpha value is -0.780. The van der Waals surface area contributed by atoms with Gasteiger partial charge in [-0.3, -0.25) is 0 Å². The molecule has 0 aliphatic rings. The Bertz CT molecular complexity index is 278. The summed E-state index contributed by atoms with van der Waals surface area (Å²) < 4.78 is 0. The molecule has 0 unspecified atom stereocenters. The molecule has 0 heterocycles. The SMILES string of the molecule is CCCCc1cccc(C(C)(C)C)c1. The summed E-state index contributed by atoms with van der Waals surface area (Å²) in [7, 11) is 0. The van der Waals surface area contributed by atoms with Crippen molar-refractivity contribution < 1.29 is 0 Å². The molecule has 0 spiro atoms. The standard InChI is InChI=1S/C14H22/c1-5-6-8-12-9-7-10-13(11-12)14(2,3)4/h7,9-11H,5-6,8H2,1-4H3. The van der Waals surface area contributed by atoms with Crippen LogP contribution < -0.4 is 0 Å². The average Bonchev–Trinajstić information content (AvgIpc) is 2.14. The Balaban J connectivity index is 2.79. The molecule has 1 rings (SSSR count). The summed E-state index contributed by atoms with van der Waals surface area (Å²) in [6, 6.07) is 9.02. The van der Waals surface area contributed by atoms with E-state index in [1.165, 1.54) is 30.4 Å². The lowest BCUT2D eigenvalue weighted by atomic mass is 9.86. The Morgan fingerprint density at radius 2 is 1.86 bits per heavy atom. The second-order valence-electron chi connectivity index (χ2n) is 5.05. The van der Waals surface area contributed by atoms with Crippen molar-refractivity contribution >= 4 is 0 Å². The number of aryl methyl sites for hydroxylation is 1. The zero-order chi connectivity index (χ0) is 10.6. The van der Waals surface area contributed by atoms with Crippen LogP contribution in [0.1, 0.15) is 51.7 Å². The Kier molecular flexibility index (Phi) is 3.74. The van der Waals surface area contributed by atoms with Gasteiger partial charge in [0.05, 0.1) is 0 Å². The number of hydrogen-bond donors (Lipinski definition) is 0. The van der Waals surface area contributed by atoms with Gasteiger partial charge in [0.2, 0.25) is 0 Å². The number of unbranched alkanes of at least 4 members (excludes halogenated alkanes) is 1. The van der Waals surface area contributed by atoms with Gasteiger partial charge in [0.1, 0.15) is 0 Å². The molecule has 0 atom stereocenters. The second kappa shape index (κ2) is 4.63. The van der Waals surface area contributed by atoms with Crippen LogP contribution in [0.15, 0.2) is 24.3 Å². The fraction of sp³-hybridized carbons (Fsp3) is 0.571. The van der Waals surface area contributed by atoms with E-state index in [9.17, 15) is 0 Å². The molecule has 0 bridgehead atoms. The minimum Gasteiger partial charge on any atom is -0.0654 e. The van der Waals surface area contributed by atoms with Crippen molar-refractivity contribution in [1.82, 2.24) is 0 Å². The highest BCUT2D eigenvalue weighted by molar-refractivity contribution is 5.28. The summed E-state index contributed by atoms with van der Waals surface area (Å²) in [4.78, 5) is 0. The molecular formula is C14H22. The third kappa shape index (κ3) is 3.17. The molecule has 1 aromatic rings. The van der Waals surface area contributed by atoms with Gasteiger partial charge in [-0.25, -0.2) is 0 Å². The van der Waals surface area contributed by atoms with Crippen LogP contribution in [0.4, 0.5) is 0 Å². The highest BCUT2D eigenvalue weighted by atomic mass is 14.2. The van der Waals surface area contributed by atoms with Crippen molar-refractivity contribution in [2.24, 2.45) is 0 Å². The average molecular weight is 190 g/mol. The summed E-state index contributed by atoms with van der Waals surface area (Å²) in [5.41, 5.74) is 3.22. The zero-order valence-electron chi connectivity index (χ0n) is 9.93. The van der Waals surface area contributed by atoms with Crippen molar-refractivity contribution in [2.75, 3.05) is 0 Å². The van der Waals surface area contributed by atoms with Crippen LogP contribution in [0, 0.1) is 0 Å². The van der Waals surface area contributed by atoms with Crippen LogP contribution >= 0.6 is 0 Å². The van der Waals surface area contributed by atoms with Crippen molar-refractivity contribution in [1.29, 1.82) is 0 Å². The quantitative estimate of drug-likeness (QED) is 0.665. The normalized spacial score (nSPS) is 11.7. The molecule has 0 amide bonds. The van der Waals surface area contributed by atoms with Crippen LogP contribution in [0.25, 0.3) is 0 Å². The van der Waals surface area contributed by atoms with Gasteiger partial charge in [-0.15, -0.1) is 0 Å². The number of hydrogen-bond acceptors (Lipinski definition) is 0. The van der Waals surface area contributed by atoms with Crippen molar-refractivity contribution in [2.45, 2.75) is 52.4 Å². The van der Waals surface area contributed by atoms with E-state index in [2.05, 4.69) is 52.0 Å². The molecule has 0 nitrogen and oxygen atoms in total. The summed E-state index contributed by atoms with van der Waals surface area (Å²) in [5.74, 6) is 0. The third-order valence-electron chi connectivity index (χ3n) is 2.61. The van der Waals surface area contributed by atoms with Gasteiger partial charge in [-0.1, -0.05) is 58.4 Å². The van der Waals surface area contributed by atoms with Crippen LogP contribution in [0.2, 0.25) is 0 Å². The Morgan fingerprint density at radius 1 is 1.14 bits per heavy atom. The number of benzene rings is 1. The monoisotopic (exact) mass is 190 g/mol. The molecule has 78 valence electrons. The molecule has 0 aliphatic heterocycles. The first-order valence-corrected chi connectivity index (χ1v) is 5.63. The van der Waals surface area contributed by atoms with E-state index in [0.717, 1.165) is 0 Å². The molecule has 0 N–H and O–H groups in total. The molecular weight excluding hydrogens is 168 g/mol. The van der Waals surface area contributed by atoms with E-state index in [-0.39, 0.29) is 5.41 Å². The molecule has 0 aromatic heterocycles. The van der Waals surface area contributed by atoms with Crippen LogP contribution in [0.5, 0.6) is 0 Å². The summed E-state index contributed by atoms with van der Waals surface area (Å²) in [6.45, 7) is 9.05. The molecule has 1 aromatic carbocycles. The van der Waals surface area contributed by atoms with E-state index in [1.54, 1.807) is 0 Å². The molecule has 0 radical (unpaired) electrons. The first kappa shape index (κ1) is 11.3. The maximum atomic E-state index is 2.36. The second-order valence-corrected chi connectivity index (χ2v) is 5.05. The molecule has 0 saturated heterocycles. The first-order valence-electron chi connectivity index (χ1n) is 5.63. The van der Waals surface area contributed by atoms with Gasteiger partial charge in [0, 0.05) is 0 Å². The third-order valence-corrected chi connectivity index (χ3v) is 2.61. The fourth-order valence-electron chi connectivity index (χ4n) is 1.57. The van der Waals surface area contributed by atoms with E-state index in [4.69, 9.17) is 0 Å². The largest absolute Gasteiger partial charge is 0.0654 e. The Labute approximate surface area is 88.4 Å². The summed E-state index contributed by atoms with van der Waals surface area (Å²) >= 11 is 0. The maximum absolute atomic E-state index is 2.36. The van der Waals surface area contributed by atoms with Crippen LogP contribution in [0.3, 0.4) is 0 Å². The van der Waals surface area contributed by atoms with Crippen molar-refractivity contribution in [3.63, 3.8) is 0 Å². The highest BCUT2D eigenvalue weighted by Crippen LogP contribution is 2.23. The molecule has 0 aliphatic carbocycles. The predicted molar refractivity (Wildman–Crippen MR) is 63.8 cm³/mol. The van der Waals surface area contributed by atoms with Crippen LogP contribution in [-0.2, 0) is 11.8 Å². The summed E-state index contributed by atoms with van der Waals surface area (Å²) in [6.07, 6.45) is 3.80. The van der Waals surface area contributed by atoms with E-state index >= 15 is 0 Å². The molecule has 0 fully saturated rings. The molecule has 0 saturated carbocycles. The van der Waals surface area contributed by atoms with Gasteiger partial charge in [0.15, 0.2) is 0 Å². The topological polar surface area (TPSA) is 0 Å². The van der Waals surface area contributed by atoms with E-state index in [0.29, 0.717) is 0 Å².